The van der Waals surface area contributed by atoms with Crippen LogP contribution in [-0.2, 0) is 11.3 Å². The maximum absolute atomic E-state index is 12.3. The summed E-state index contributed by atoms with van der Waals surface area (Å²) >= 11 is 1.57. The van der Waals surface area contributed by atoms with Crippen LogP contribution in [0.15, 0.2) is 51.9 Å². The van der Waals surface area contributed by atoms with Crippen LogP contribution < -0.4 is 4.74 Å². The van der Waals surface area contributed by atoms with Crippen LogP contribution in [0.2, 0.25) is 0 Å². The zero-order chi connectivity index (χ0) is 18.5. The van der Waals surface area contributed by atoms with E-state index in [1.807, 2.05) is 43.5 Å². The fraction of sp³-hybridized carbons (Fsp3) is 0.211. The number of rotatable bonds is 6. The highest BCUT2D eigenvalue weighted by molar-refractivity contribution is 7.98. The number of hydrogen-bond acceptors (Lipinski definition) is 7. The van der Waals surface area contributed by atoms with Crippen LogP contribution in [0.3, 0.4) is 0 Å². The van der Waals surface area contributed by atoms with Crippen molar-refractivity contribution in [2.45, 2.75) is 18.4 Å². The Hall–Kier alpha value is -2.80. The van der Waals surface area contributed by atoms with Gasteiger partial charge in [0.15, 0.2) is 6.61 Å². The first kappa shape index (κ1) is 18.0. The van der Waals surface area contributed by atoms with Crippen LogP contribution in [0.5, 0.6) is 5.75 Å². The van der Waals surface area contributed by atoms with Gasteiger partial charge in [-0.3, -0.25) is 0 Å². The third-order valence-corrected chi connectivity index (χ3v) is 4.53. The maximum Gasteiger partial charge on any atom is 0.342 e. The number of thioether (sulfide) groups is 1. The van der Waals surface area contributed by atoms with Crippen molar-refractivity contribution in [1.82, 2.24) is 10.1 Å². The molecule has 0 saturated carbocycles. The number of esters is 1. The minimum Gasteiger partial charge on any atom is -0.496 e. The lowest BCUT2D eigenvalue weighted by molar-refractivity contribution is 0.0426. The summed E-state index contributed by atoms with van der Waals surface area (Å²) in [6.07, 6.45) is 1.95. The van der Waals surface area contributed by atoms with Gasteiger partial charge < -0.3 is 14.0 Å². The van der Waals surface area contributed by atoms with Gasteiger partial charge in [0.05, 0.1) is 7.11 Å². The molecule has 0 atom stereocenters. The molecule has 0 aliphatic rings. The van der Waals surface area contributed by atoms with Crippen LogP contribution in [0.1, 0.15) is 21.8 Å². The zero-order valence-corrected chi connectivity index (χ0v) is 15.5. The fourth-order valence-corrected chi connectivity index (χ4v) is 2.85. The lowest BCUT2D eigenvalue weighted by Gasteiger charge is -2.09. The fourth-order valence-electron chi connectivity index (χ4n) is 2.42. The van der Waals surface area contributed by atoms with Crippen molar-refractivity contribution >= 4 is 17.7 Å². The largest absolute Gasteiger partial charge is 0.496 e. The Morgan fingerprint density at radius 2 is 2.04 bits per heavy atom. The normalized spacial score (nSPS) is 10.6. The Kier molecular flexibility index (Phi) is 5.58. The third-order valence-electron chi connectivity index (χ3n) is 3.81. The summed E-state index contributed by atoms with van der Waals surface area (Å²) in [4.78, 5) is 17.6. The zero-order valence-electron chi connectivity index (χ0n) is 14.7. The molecule has 3 aromatic rings. The van der Waals surface area contributed by atoms with Gasteiger partial charge in [0.1, 0.15) is 11.3 Å². The molecule has 0 N–H and O–H groups in total. The van der Waals surface area contributed by atoms with Crippen LogP contribution in [-0.4, -0.2) is 29.5 Å². The van der Waals surface area contributed by atoms with E-state index in [-0.39, 0.29) is 12.5 Å². The van der Waals surface area contributed by atoms with Crippen molar-refractivity contribution in [3.63, 3.8) is 0 Å². The van der Waals surface area contributed by atoms with Gasteiger partial charge in [0.2, 0.25) is 5.82 Å². The third kappa shape index (κ3) is 3.88. The molecule has 1 aromatic heterocycles. The van der Waals surface area contributed by atoms with Gasteiger partial charge in [-0.15, -0.1) is 11.8 Å². The molecule has 0 spiro atoms. The van der Waals surface area contributed by atoms with E-state index in [0.717, 1.165) is 16.0 Å². The lowest BCUT2D eigenvalue weighted by atomic mass is 10.1. The quantitative estimate of drug-likeness (QED) is 0.477. The Balaban J connectivity index is 1.70. The Morgan fingerprint density at radius 1 is 1.23 bits per heavy atom. The van der Waals surface area contributed by atoms with Crippen molar-refractivity contribution < 1.29 is 18.8 Å². The summed E-state index contributed by atoms with van der Waals surface area (Å²) in [6, 6.07) is 13.0. The smallest absolute Gasteiger partial charge is 0.342 e. The molecule has 3 rings (SSSR count). The number of carbonyl (C=O) groups is 1. The second kappa shape index (κ2) is 8.05. The van der Waals surface area contributed by atoms with Crippen LogP contribution in [0, 0.1) is 6.92 Å². The van der Waals surface area contributed by atoms with Gasteiger partial charge >= 0.3 is 5.97 Å². The number of carbonyl (C=O) groups excluding carboxylic acids is 1. The molecule has 7 heteroatoms. The van der Waals surface area contributed by atoms with E-state index in [2.05, 4.69) is 10.1 Å². The van der Waals surface area contributed by atoms with Gasteiger partial charge in [0.25, 0.3) is 5.89 Å². The van der Waals surface area contributed by atoms with Gasteiger partial charge in [0, 0.05) is 10.5 Å². The summed E-state index contributed by atoms with van der Waals surface area (Å²) in [5, 5.41) is 3.95. The molecule has 0 fully saturated rings. The molecule has 0 saturated heterocycles. The van der Waals surface area contributed by atoms with E-state index in [9.17, 15) is 4.79 Å². The Morgan fingerprint density at radius 3 is 2.77 bits per heavy atom. The molecule has 0 unspecified atom stereocenters. The number of ether oxygens (including phenoxy) is 2. The number of aromatic nitrogens is 2. The minimum absolute atomic E-state index is 0.106. The van der Waals surface area contributed by atoms with Crippen molar-refractivity contribution in [2.75, 3.05) is 13.4 Å². The highest BCUT2D eigenvalue weighted by Crippen LogP contribution is 2.26. The van der Waals surface area contributed by atoms with Crippen molar-refractivity contribution in [3.8, 4) is 17.1 Å². The average molecular weight is 370 g/mol. The second-order valence-electron chi connectivity index (χ2n) is 5.47. The van der Waals surface area contributed by atoms with Crippen LogP contribution >= 0.6 is 11.8 Å². The summed E-state index contributed by atoms with van der Waals surface area (Å²) in [7, 11) is 1.52. The first-order chi connectivity index (χ1) is 12.6. The van der Waals surface area contributed by atoms with E-state index < -0.39 is 5.97 Å². The number of benzene rings is 2. The molecular weight excluding hydrogens is 352 g/mol. The molecule has 0 radical (unpaired) electrons. The number of methoxy groups -OCH3 is 1. The average Bonchev–Trinajstić information content (AvgIpc) is 3.14. The van der Waals surface area contributed by atoms with E-state index in [1.54, 1.807) is 23.9 Å². The van der Waals surface area contributed by atoms with Gasteiger partial charge in [-0.1, -0.05) is 29.4 Å². The van der Waals surface area contributed by atoms with Crippen molar-refractivity contribution in [3.05, 3.63) is 59.5 Å². The SMILES string of the molecule is COc1cc(SC)ccc1C(=O)OCc1nc(-c2ccccc2C)no1. The summed E-state index contributed by atoms with van der Waals surface area (Å²) in [5.74, 6) is 0.658. The van der Waals surface area contributed by atoms with E-state index in [4.69, 9.17) is 14.0 Å². The number of hydrogen-bond donors (Lipinski definition) is 0. The molecule has 0 bridgehead atoms. The molecule has 1 heterocycles. The topological polar surface area (TPSA) is 74.5 Å². The summed E-state index contributed by atoms with van der Waals surface area (Å²) in [5.41, 5.74) is 2.27. The highest BCUT2D eigenvalue weighted by atomic mass is 32.2. The second-order valence-corrected chi connectivity index (χ2v) is 6.35. The predicted octanol–water partition coefficient (Wildman–Crippen LogP) is 4.13. The van der Waals surface area contributed by atoms with E-state index >= 15 is 0 Å². The van der Waals surface area contributed by atoms with Crippen LogP contribution in [0.4, 0.5) is 0 Å². The molecule has 0 aliphatic heterocycles. The Labute approximate surface area is 155 Å². The van der Waals surface area contributed by atoms with E-state index in [1.165, 1.54) is 7.11 Å². The monoisotopic (exact) mass is 370 g/mol. The molecular formula is C19H18N2O4S. The Bertz CT molecular complexity index is 923. The lowest BCUT2D eigenvalue weighted by Crippen LogP contribution is -2.07. The van der Waals surface area contributed by atoms with Gasteiger partial charge in [-0.05, 0) is 36.9 Å². The van der Waals surface area contributed by atoms with Crippen molar-refractivity contribution in [1.29, 1.82) is 0 Å². The first-order valence-electron chi connectivity index (χ1n) is 7.90. The van der Waals surface area contributed by atoms with E-state index in [0.29, 0.717) is 17.1 Å². The first-order valence-corrected chi connectivity index (χ1v) is 9.12. The van der Waals surface area contributed by atoms with Crippen molar-refractivity contribution in [2.24, 2.45) is 0 Å². The predicted molar refractivity (Wildman–Crippen MR) is 98.4 cm³/mol. The number of nitrogens with zero attached hydrogens (tertiary/aromatic N) is 2. The molecule has 26 heavy (non-hydrogen) atoms. The molecule has 6 nitrogen and oxygen atoms in total. The van der Waals surface area contributed by atoms with Gasteiger partial charge in [-0.25, -0.2) is 4.79 Å². The number of aryl methyl sites for hydroxylation is 1. The standard InChI is InChI=1S/C19H18N2O4S/c1-12-6-4-5-7-14(12)18-20-17(25-21-18)11-24-19(22)15-9-8-13(26-3)10-16(15)23-2/h4-10H,11H2,1-3H3. The summed E-state index contributed by atoms with van der Waals surface area (Å²) in [6.45, 7) is 1.86. The molecule has 0 aliphatic carbocycles. The minimum atomic E-state index is -0.509. The highest BCUT2D eigenvalue weighted by Gasteiger charge is 2.17. The molecule has 134 valence electrons. The summed E-state index contributed by atoms with van der Waals surface area (Å²) < 4.78 is 15.7. The molecule has 2 aromatic carbocycles. The maximum atomic E-state index is 12.3. The van der Waals surface area contributed by atoms with Crippen LogP contribution in [0.25, 0.3) is 11.4 Å². The molecule has 0 amide bonds. The van der Waals surface area contributed by atoms with Gasteiger partial charge in [-0.2, -0.15) is 4.98 Å².